The van der Waals surface area contributed by atoms with Crippen molar-refractivity contribution >= 4 is 45.0 Å². The molecule has 3 amide bonds. The van der Waals surface area contributed by atoms with Crippen molar-refractivity contribution in [3.8, 4) is 17.2 Å². The molecule has 0 aliphatic carbocycles. The molecule has 2 aromatic carbocycles. The topological polar surface area (TPSA) is 123 Å². The van der Waals surface area contributed by atoms with Crippen LogP contribution in [0.5, 0.6) is 11.5 Å². The van der Waals surface area contributed by atoms with Gasteiger partial charge in [0.2, 0.25) is 0 Å². The average molecular weight is 546 g/mol. The molecular weight excluding hydrogens is 521 g/mol. The molecule has 10 nitrogen and oxygen atoms in total. The van der Waals surface area contributed by atoms with Gasteiger partial charge in [-0.1, -0.05) is 13.8 Å². The molecule has 0 radical (unpaired) electrons. The van der Waals surface area contributed by atoms with Gasteiger partial charge in [-0.25, -0.2) is 18.9 Å². The predicted molar refractivity (Wildman–Crippen MR) is 148 cm³/mol. The fourth-order valence-electron chi connectivity index (χ4n) is 3.74. The zero-order chi connectivity index (χ0) is 27.5. The van der Waals surface area contributed by atoms with Crippen LogP contribution in [0.1, 0.15) is 35.9 Å². The lowest BCUT2D eigenvalue weighted by Crippen LogP contribution is -2.22. The van der Waals surface area contributed by atoms with E-state index in [-0.39, 0.29) is 29.0 Å². The first-order chi connectivity index (χ1) is 18.8. The summed E-state index contributed by atoms with van der Waals surface area (Å²) in [6.07, 6.45) is 1.42. The fraction of sp³-hybridized carbons (Fsp3) is 0.148. The number of aromatic nitrogens is 4. The first-order valence-electron chi connectivity index (χ1n) is 12.0. The van der Waals surface area contributed by atoms with E-state index in [4.69, 9.17) is 4.74 Å². The number of rotatable bonds is 7. The van der Waals surface area contributed by atoms with E-state index in [1.807, 2.05) is 32.0 Å². The van der Waals surface area contributed by atoms with Gasteiger partial charge in [0.1, 0.15) is 28.8 Å². The van der Waals surface area contributed by atoms with Crippen molar-refractivity contribution in [1.29, 1.82) is 0 Å². The van der Waals surface area contributed by atoms with Gasteiger partial charge in [0.25, 0.3) is 5.91 Å². The molecule has 198 valence electrons. The van der Waals surface area contributed by atoms with Crippen LogP contribution in [0.15, 0.2) is 66.3 Å². The summed E-state index contributed by atoms with van der Waals surface area (Å²) in [5, 5.41) is 12.4. The van der Waals surface area contributed by atoms with E-state index in [0.29, 0.717) is 11.6 Å². The number of fused-ring (bicyclic) bond motifs is 1. The number of thiazole rings is 1. The quantitative estimate of drug-likeness (QED) is 0.233. The largest absolute Gasteiger partial charge is 0.457 e. The molecule has 12 heteroatoms. The molecule has 0 aliphatic heterocycles. The van der Waals surface area contributed by atoms with Crippen molar-refractivity contribution in [2.75, 3.05) is 17.7 Å². The Bertz CT molecular complexity index is 1680. The van der Waals surface area contributed by atoms with Gasteiger partial charge in [0, 0.05) is 31.4 Å². The number of pyridine rings is 1. The molecule has 0 unspecified atom stereocenters. The number of carbonyl (C=O) groups is 2. The van der Waals surface area contributed by atoms with Gasteiger partial charge >= 0.3 is 6.03 Å². The lowest BCUT2D eigenvalue weighted by molar-refractivity contribution is 0.0957. The van der Waals surface area contributed by atoms with E-state index in [1.54, 1.807) is 22.3 Å². The molecule has 0 saturated heterocycles. The molecule has 0 spiro atoms. The minimum atomic E-state index is -0.700. The van der Waals surface area contributed by atoms with E-state index in [0.717, 1.165) is 27.7 Å². The van der Waals surface area contributed by atoms with Crippen LogP contribution in [0.4, 0.5) is 20.7 Å². The van der Waals surface area contributed by atoms with Crippen molar-refractivity contribution in [2.24, 2.45) is 0 Å². The number of urea groups is 1. The number of ether oxygens (including phenoxy) is 1. The summed E-state index contributed by atoms with van der Waals surface area (Å²) >= 11 is 1.54. The monoisotopic (exact) mass is 545 g/mol. The highest BCUT2D eigenvalue weighted by molar-refractivity contribution is 7.16. The van der Waals surface area contributed by atoms with Crippen LogP contribution < -0.4 is 20.7 Å². The molecule has 5 rings (SSSR count). The molecule has 0 aliphatic rings. The van der Waals surface area contributed by atoms with Crippen molar-refractivity contribution in [3.05, 3.63) is 83.5 Å². The van der Waals surface area contributed by atoms with Crippen LogP contribution >= 0.6 is 11.3 Å². The Labute approximate surface area is 226 Å². The molecular formula is C27H24FN7O3S. The summed E-state index contributed by atoms with van der Waals surface area (Å²) in [6, 6.07) is 13.9. The maximum atomic E-state index is 14.9. The van der Waals surface area contributed by atoms with Crippen molar-refractivity contribution in [3.63, 3.8) is 0 Å². The van der Waals surface area contributed by atoms with Gasteiger partial charge in [-0.2, -0.15) is 5.10 Å². The van der Waals surface area contributed by atoms with Gasteiger partial charge in [-0.05, 0) is 42.3 Å². The van der Waals surface area contributed by atoms with Gasteiger partial charge < -0.3 is 15.4 Å². The number of benzene rings is 2. The lowest BCUT2D eigenvalue weighted by atomic mass is 10.1. The molecule has 39 heavy (non-hydrogen) atoms. The van der Waals surface area contributed by atoms with Crippen LogP contribution in [0.2, 0.25) is 0 Å². The molecule has 0 atom stereocenters. The van der Waals surface area contributed by atoms with Gasteiger partial charge in [0.15, 0.2) is 0 Å². The summed E-state index contributed by atoms with van der Waals surface area (Å²) in [5.74, 6) is -0.0288. The zero-order valence-corrected chi connectivity index (χ0v) is 22.0. The van der Waals surface area contributed by atoms with Crippen molar-refractivity contribution in [2.45, 2.75) is 19.8 Å². The highest BCUT2D eigenvalue weighted by atomic mass is 32.1. The van der Waals surface area contributed by atoms with Gasteiger partial charge in [-0.15, -0.1) is 11.3 Å². The third-order valence-electron chi connectivity index (χ3n) is 5.74. The second kappa shape index (κ2) is 10.9. The first-order valence-corrected chi connectivity index (χ1v) is 12.9. The minimum Gasteiger partial charge on any atom is -0.457 e. The van der Waals surface area contributed by atoms with Crippen LogP contribution in [0.3, 0.4) is 0 Å². The number of nitrogens with zero attached hydrogens (tertiary/aromatic N) is 4. The Morgan fingerprint density at radius 1 is 1.00 bits per heavy atom. The van der Waals surface area contributed by atoms with E-state index in [2.05, 4.69) is 31.0 Å². The van der Waals surface area contributed by atoms with Crippen LogP contribution in [-0.4, -0.2) is 38.7 Å². The Morgan fingerprint density at radius 2 is 1.82 bits per heavy atom. The van der Waals surface area contributed by atoms with Gasteiger partial charge in [-0.3, -0.25) is 15.1 Å². The third-order valence-corrected chi connectivity index (χ3v) is 6.55. The molecule has 0 saturated carbocycles. The second-order valence-corrected chi connectivity index (χ2v) is 9.69. The lowest BCUT2D eigenvalue weighted by Gasteiger charge is -2.12. The maximum absolute atomic E-state index is 14.9. The van der Waals surface area contributed by atoms with Crippen molar-refractivity contribution < 1.29 is 18.7 Å². The molecule has 3 N–H and O–H groups in total. The maximum Gasteiger partial charge on any atom is 0.324 e. The minimum absolute atomic E-state index is 0.0420. The molecule has 3 aromatic heterocycles. The number of carbonyl (C=O) groups excluding carboxylic acids is 2. The molecule has 0 bridgehead atoms. The van der Waals surface area contributed by atoms with E-state index < -0.39 is 11.8 Å². The van der Waals surface area contributed by atoms with E-state index in [9.17, 15) is 14.0 Å². The predicted octanol–water partition coefficient (Wildman–Crippen LogP) is 5.94. The molecule has 0 fully saturated rings. The summed E-state index contributed by atoms with van der Waals surface area (Å²) in [6.45, 7) is 4.01. The zero-order valence-electron chi connectivity index (χ0n) is 21.2. The smallest absolute Gasteiger partial charge is 0.324 e. The number of halogens is 1. The van der Waals surface area contributed by atoms with Crippen LogP contribution in [0, 0.1) is 5.82 Å². The number of hydrogen-bond donors (Lipinski definition) is 3. The van der Waals surface area contributed by atoms with Crippen molar-refractivity contribution in [1.82, 2.24) is 25.1 Å². The highest BCUT2D eigenvalue weighted by Gasteiger charge is 2.17. The summed E-state index contributed by atoms with van der Waals surface area (Å²) in [7, 11) is 1.49. The standard InChI is InChI=1S/C27H24FN7O3S/c1-15(2)21-13-25(35(34-21)16-4-7-24-22(10-16)31-14-39-24)33-27(37)32-20-6-5-17(11-19(20)28)38-18-8-9-30-23(12-18)26(36)29-3/h4-15H,1-3H3,(H,29,36)(H2,32,33,37). The van der Waals surface area contributed by atoms with Gasteiger partial charge in [0.05, 0.1) is 32.8 Å². The Morgan fingerprint density at radius 3 is 2.59 bits per heavy atom. The van der Waals surface area contributed by atoms with Crippen LogP contribution in [0.25, 0.3) is 15.9 Å². The van der Waals surface area contributed by atoms with E-state index in [1.165, 1.54) is 42.8 Å². The molecule has 5 aromatic rings. The highest BCUT2D eigenvalue weighted by Crippen LogP contribution is 2.28. The summed E-state index contributed by atoms with van der Waals surface area (Å²) < 4.78 is 23.2. The third kappa shape index (κ3) is 5.70. The number of nitrogens with one attached hydrogen (secondary N) is 3. The first kappa shape index (κ1) is 25.8. The van der Waals surface area contributed by atoms with Crippen LogP contribution in [-0.2, 0) is 0 Å². The fourth-order valence-corrected chi connectivity index (χ4v) is 4.40. The normalized spacial score (nSPS) is 11.0. The number of amides is 3. The molecule has 3 heterocycles. The van der Waals surface area contributed by atoms with E-state index >= 15 is 0 Å². The SMILES string of the molecule is CNC(=O)c1cc(Oc2ccc(NC(=O)Nc3cc(C(C)C)nn3-c3ccc4scnc4c3)c(F)c2)ccn1. The number of anilines is 2. The second-order valence-electron chi connectivity index (χ2n) is 8.80. The Kier molecular flexibility index (Phi) is 7.19. The Balaban J connectivity index is 1.32. The Hall–Kier alpha value is -4.84. The summed E-state index contributed by atoms with van der Waals surface area (Å²) in [4.78, 5) is 33.0. The summed E-state index contributed by atoms with van der Waals surface area (Å²) in [5.41, 5.74) is 4.24. The average Bonchev–Trinajstić information content (AvgIpc) is 3.56. The number of hydrogen-bond acceptors (Lipinski definition) is 7.